The second-order valence-electron chi connectivity index (χ2n) is 8.30. The summed E-state index contributed by atoms with van der Waals surface area (Å²) in [5.41, 5.74) is 2.60. The van der Waals surface area contributed by atoms with Gasteiger partial charge in [0.2, 0.25) is 5.91 Å². The minimum Gasteiger partial charge on any atom is -0.342 e. The minimum absolute atomic E-state index is 0.0401. The molecule has 2 aliphatic rings. The van der Waals surface area contributed by atoms with Gasteiger partial charge in [0.05, 0.1) is 0 Å². The fourth-order valence-electron chi connectivity index (χ4n) is 4.41. The molecule has 0 radical (unpaired) electrons. The smallest absolute Gasteiger partial charge is 0.253 e. The summed E-state index contributed by atoms with van der Waals surface area (Å²) < 4.78 is 0. The SMILES string of the molecule is CC1CCCN(C(=O)C2CCN(C(=O)c3ccc(-c4cncnc4)cc3)CC2)C1. The molecule has 0 saturated carbocycles. The van der Waals surface area contributed by atoms with E-state index in [2.05, 4.69) is 16.9 Å². The largest absolute Gasteiger partial charge is 0.342 e. The number of amides is 2. The van der Waals surface area contributed by atoms with Gasteiger partial charge in [-0.05, 0) is 49.3 Å². The third-order valence-corrected chi connectivity index (χ3v) is 6.13. The van der Waals surface area contributed by atoms with Crippen LogP contribution in [0.15, 0.2) is 43.0 Å². The van der Waals surface area contributed by atoms with Gasteiger partial charge in [0, 0.05) is 55.6 Å². The summed E-state index contributed by atoms with van der Waals surface area (Å²) in [6, 6.07) is 7.58. The minimum atomic E-state index is 0.0401. The second-order valence-corrected chi connectivity index (χ2v) is 8.30. The van der Waals surface area contributed by atoms with E-state index in [4.69, 9.17) is 0 Å². The highest BCUT2D eigenvalue weighted by Gasteiger charge is 2.32. The Kier molecular flexibility index (Phi) is 5.88. The zero-order valence-corrected chi connectivity index (χ0v) is 17.0. The van der Waals surface area contributed by atoms with E-state index < -0.39 is 0 Å². The summed E-state index contributed by atoms with van der Waals surface area (Å²) in [6.45, 7) is 5.29. The monoisotopic (exact) mass is 392 g/mol. The molecular weight excluding hydrogens is 364 g/mol. The number of likely N-dealkylation sites (tertiary alicyclic amines) is 2. The number of benzene rings is 1. The van der Waals surface area contributed by atoms with Crippen LogP contribution in [0.2, 0.25) is 0 Å². The van der Waals surface area contributed by atoms with Crippen molar-refractivity contribution in [3.63, 3.8) is 0 Å². The van der Waals surface area contributed by atoms with Crippen LogP contribution in [-0.2, 0) is 4.79 Å². The lowest BCUT2D eigenvalue weighted by atomic mass is 9.92. The Bertz CT molecular complexity index is 845. The number of carbonyl (C=O) groups excluding carboxylic acids is 2. The van der Waals surface area contributed by atoms with E-state index in [9.17, 15) is 9.59 Å². The van der Waals surface area contributed by atoms with E-state index in [0.29, 0.717) is 24.6 Å². The van der Waals surface area contributed by atoms with Crippen LogP contribution < -0.4 is 0 Å². The fourth-order valence-corrected chi connectivity index (χ4v) is 4.41. The molecular formula is C23H28N4O2. The Morgan fingerprint density at radius 2 is 1.59 bits per heavy atom. The number of nitrogens with zero attached hydrogens (tertiary/aromatic N) is 4. The standard InChI is InChI=1S/C23H28N4O2/c1-17-3-2-10-27(15-17)23(29)20-8-11-26(12-9-20)22(28)19-6-4-18(5-7-19)21-13-24-16-25-14-21/h4-7,13-14,16-17,20H,2-3,8-12,15H2,1H3. The van der Waals surface area contributed by atoms with Crippen molar-refractivity contribution in [3.05, 3.63) is 48.5 Å². The van der Waals surface area contributed by atoms with Gasteiger partial charge < -0.3 is 9.80 Å². The van der Waals surface area contributed by atoms with Crippen molar-refractivity contribution in [2.24, 2.45) is 11.8 Å². The first-order valence-corrected chi connectivity index (χ1v) is 10.6. The van der Waals surface area contributed by atoms with Gasteiger partial charge in [0.1, 0.15) is 6.33 Å². The molecule has 0 bridgehead atoms. The molecule has 0 spiro atoms. The number of rotatable bonds is 3. The number of piperidine rings is 2. The van der Waals surface area contributed by atoms with Crippen LogP contribution in [0, 0.1) is 11.8 Å². The summed E-state index contributed by atoms with van der Waals surface area (Å²) in [5.74, 6) is 0.987. The average Bonchev–Trinajstić information content (AvgIpc) is 2.79. The summed E-state index contributed by atoms with van der Waals surface area (Å²) in [4.78, 5) is 37.7. The van der Waals surface area contributed by atoms with E-state index in [1.54, 1.807) is 12.4 Å². The molecule has 6 heteroatoms. The van der Waals surface area contributed by atoms with Crippen LogP contribution in [0.25, 0.3) is 11.1 Å². The topological polar surface area (TPSA) is 66.4 Å². The lowest BCUT2D eigenvalue weighted by Gasteiger charge is -2.37. The second kappa shape index (κ2) is 8.72. The molecule has 29 heavy (non-hydrogen) atoms. The van der Waals surface area contributed by atoms with Crippen LogP contribution in [0.1, 0.15) is 43.0 Å². The third kappa shape index (κ3) is 4.47. The zero-order chi connectivity index (χ0) is 20.2. The number of carbonyl (C=O) groups is 2. The normalized spacial score (nSPS) is 20.5. The molecule has 2 saturated heterocycles. The van der Waals surface area contributed by atoms with Crippen LogP contribution >= 0.6 is 0 Å². The average molecular weight is 393 g/mol. The van der Waals surface area contributed by atoms with Crippen molar-refractivity contribution in [3.8, 4) is 11.1 Å². The molecule has 4 rings (SSSR count). The first-order chi connectivity index (χ1) is 14.1. The van der Waals surface area contributed by atoms with Crippen molar-refractivity contribution in [2.75, 3.05) is 26.2 Å². The van der Waals surface area contributed by atoms with Crippen LogP contribution in [0.5, 0.6) is 0 Å². The molecule has 6 nitrogen and oxygen atoms in total. The summed E-state index contributed by atoms with van der Waals surface area (Å²) in [6.07, 6.45) is 8.86. The molecule has 0 N–H and O–H groups in total. The van der Waals surface area contributed by atoms with Crippen molar-refractivity contribution in [2.45, 2.75) is 32.6 Å². The predicted molar refractivity (Wildman–Crippen MR) is 111 cm³/mol. The highest BCUT2D eigenvalue weighted by atomic mass is 16.2. The van der Waals surface area contributed by atoms with Gasteiger partial charge in [0.15, 0.2) is 0 Å². The summed E-state index contributed by atoms with van der Waals surface area (Å²) >= 11 is 0. The van der Waals surface area contributed by atoms with Crippen molar-refractivity contribution < 1.29 is 9.59 Å². The van der Waals surface area contributed by atoms with E-state index in [1.807, 2.05) is 34.1 Å². The lowest BCUT2D eigenvalue weighted by molar-refractivity contribution is -0.138. The molecule has 2 fully saturated rings. The first kappa shape index (κ1) is 19.6. The quantitative estimate of drug-likeness (QED) is 0.804. The van der Waals surface area contributed by atoms with Gasteiger partial charge >= 0.3 is 0 Å². The van der Waals surface area contributed by atoms with Gasteiger partial charge in [-0.1, -0.05) is 19.1 Å². The molecule has 152 valence electrons. The maximum atomic E-state index is 12.9. The summed E-state index contributed by atoms with van der Waals surface area (Å²) in [7, 11) is 0. The maximum Gasteiger partial charge on any atom is 0.253 e. The number of hydrogen-bond donors (Lipinski definition) is 0. The van der Waals surface area contributed by atoms with E-state index in [-0.39, 0.29) is 17.7 Å². The first-order valence-electron chi connectivity index (χ1n) is 10.6. The number of aromatic nitrogens is 2. The van der Waals surface area contributed by atoms with Crippen molar-refractivity contribution in [1.82, 2.24) is 19.8 Å². The molecule has 2 aromatic rings. The third-order valence-electron chi connectivity index (χ3n) is 6.13. The molecule has 3 heterocycles. The van der Waals surface area contributed by atoms with Crippen molar-refractivity contribution >= 4 is 11.8 Å². The van der Waals surface area contributed by atoms with E-state index in [0.717, 1.165) is 43.5 Å². The Labute approximate surface area is 172 Å². The molecule has 2 aliphatic heterocycles. The van der Waals surface area contributed by atoms with E-state index >= 15 is 0 Å². The Hall–Kier alpha value is -2.76. The lowest BCUT2D eigenvalue weighted by Crippen LogP contribution is -2.47. The van der Waals surface area contributed by atoms with Gasteiger partial charge in [-0.25, -0.2) is 9.97 Å². The van der Waals surface area contributed by atoms with E-state index in [1.165, 1.54) is 12.7 Å². The molecule has 1 aromatic carbocycles. The van der Waals surface area contributed by atoms with Crippen LogP contribution in [0.4, 0.5) is 0 Å². The fraction of sp³-hybridized carbons (Fsp3) is 0.478. The van der Waals surface area contributed by atoms with Gasteiger partial charge in [-0.3, -0.25) is 9.59 Å². The zero-order valence-electron chi connectivity index (χ0n) is 17.0. The van der Waals surface area contributed by atoms with Gasteiger partial charge in [-0.2, -0.15) is 0 Å². The highest BCUT2D eigenvalue weighted by molar-refractivity contribution is 5.95. The Balaban J connectivity index is 1.33. The molecule has 0 aliphatic carbocycles. The highest BCUT2D eigenvalue weighted by Crippen LogP contribution is 2.25. The van der Waals surface area contributed by atoms with Crippen molar-refractivity contribution in [1.29, 1.82) is 0 Å². The Morgan fingerprint density at radius 3 is 2.24 bits per heavy atom. The molecule has 1 atom stereocenters. The van der Waals surface area contributed by atoms with Gasteiger partial charge in [0.25, 0.3) is 5.91 Å². The molecule has 1 unspecified atom stereocenters. The summed E-state index contributed by atoms with van der Waals surface area (Å²) in [5, 5.41) is 0. The predicted octanol–water partition coefficient (Wildman–Crippen LogP) is 3.25. The van der Waals surface area contributed by atoms with Crippen LogP contribution in [-0.4, -0.2) is 57.8 Å². The maximum absolute atomic E-state index is 12.9. The molecule has 2 amide bonds. The Morgan fingerprint density at radius 1 is 0.897 bits per heavy atom. The molecule has 1 aromatic heterocycles. The van der Waals surface area contributed by atoms with Gasteiger partial charge in [-0.15, -0.1) is 0 Å². The van der Waals surface area contributed by atoms with Crippen LogP contribution in [0.3, 0.4) is 0 Å². The number of hydrogen-bond acceptors (Lipinski definition) is 4.